The first-order chi connectivity index (χ1) is 16.4. The number of hydrogen-bond donors (Lipinski definition) is 0. The van der Waals surface area contributed by atoms with Crippen LogP contribution >= 0.6 is 23.2 Å². The van der Waals surface area contributed by atoms with E-state index in [1.54, 1.807) is 19.1 Å². The van der Waals surface area contributed by atoms with Gasteiger partial charge in [-0.1, -0.05) is 55.2 Å². The summed E-state index contributed by atoms with van der Waals surface area (Å²) in [5.41, 5.74) is 1.46. The molecule has 0 aliphatic carbocycles. The van der Waals surface area contributed by atoms with Gasteiger partial charge in [-0.15, -0.1) is 0 Å². The van der Waals surface area contributed by atoms with Crippen molar-refractivity contribution >= 4 is 48.7 Å². The van der Waals surface area contributed by atoms with Crippen LogP contribution in [0.15, 0.2) is 64.4 Å². The smallest absolute Gasteiger partial charge is 0.178 e. The molecule has 0 heterocycles. The van der Waals surface area contributed by atoms with Crippen LogP contribution < -0.4 is 0 Å². The zero-order valence-corrected chi connectivity index (χ0v) is 22.2. The molecule has 3 aromatic rings. The zero-order valence-electron chi connectivity index (χ0n) is 19.0. The van der Waals surface area contributed by atoms with Crippen LogP contribution in [0.1, 0.15) is 25.0 Å². The summed E-state index contributed by atoms with van der Waals surface area (Å²) in [6.07, 6.45) is 0.107. The second-order valence-corrected chi connectivity index (χ2v) is 13.3. The Morgan fingerprint density at radius 2 is 1.23 bits per heavy atom. The van der Waals surface area contributed by atoms with Gasteiger partial charge in [-0.3, -0.25) is 4.79 Å². The molecule has 0 aliphatic rings. The van der Waals surface area contributed by atoms with Gasteiger partial charge in [0.25, 0.3) is 0 Å². The molecule has 0 unspecified atom stereocenters. The Labute approximate surface area is 214 Å². The number of carbonyl (C=O) groups excluding carboxylic acids is 1. The highest BCUT2D eigenvalue weighted by Gasteiger charge is 2.19. The minimum Gasteiger partial charge on any atom is -0.299 e. The molecule has 0 aromatic heterocycles. The molecule has 0 bridgehead atoms. The highest BCUT2D eigenvalue weighted by Crippen LogP contribution is 2.38. The summed E-state index contributed by atoms with van der Waals surface area (Å²) in [7, 11) is -6.88. The van der Waals surface area contributed by atoms with Crippen LogP contribution in [0, 0.1) is 5.82 Å². The summed E-state index contributed by atoms with van der Waals surface area (Å²) in [5, 5.41) is 0.249. The number of hydrogen-bond acceptors (Lipinski definition) is 5. The van der Waals surface area contributed by atoms with E-state index >= 15 is 0 Å². The molecule has 10 heteroatoms. The Bertz CT molecular complexity index is 1460. The van der Waals surface area contributed by atoms with Crippen molar-refractivity contribution in [1.82, 2.24) is 0 Å². The first-order valence-electron chi connectivity index (χ1n) is 10.7. The van der Waals surface area contributed by atoms with E-state index in [-0.39, 0.29) is 61.1 Å². The largest absolute Gasteiger partial charge is 0.299 e. The van der Waals surface area contributed by atoms with Crippen molar-refractivity contribution in [2.45, 2.75) is 36.5 Å². The summed E-state index contributed by atoms with van der Waals surface area (Å²) in [4.78, 5) is 12.7. The van der Waals surface area contributed by atoms with E-state index in [9.17, 15) is 26.0 Å². The maximum atomic E-state index is 14.8. The summed E-state index contributed by atoms with van der Waals surface area (Å²) in [6, 6.07) is 12.8. The zero-order chi connectivity index (χ0) is 26.0. The van der Waals surface area contributed by atoms with Crippen molar-refractivity contribution in [3.05, 3.63) is 81.6 Å². The maximum absolute atomic E-state index is 14.8. The van der Waals surface area contributed by atoms with Crippen LogP contribution in [0.3, 0.4) is 0 Å². The number of benzene rings is 3. The van der Waals surface area contributed by atoms with Crippen LogP contribution in [0.2, 0.25) is 10.0 Å². The van der Waals surface area contributed by atoms with Crippen LogP contribution in [-0.2, 0) is 37.3 Å². The molecule has 0 saturated carbocycles. The van der Waals surface area contributed by atoms with Crippen molar-refractivity contribution in [1.29, 1.82) is 0 Å². The van der Waals surface area contributed by atoms with Crippen molar-refractivity contribution in [2.75, 3.05) is 11.5 Å². The molecule has 3 rings (SSSR count). The Kier molecular flexibility index (Phi) is 8.42. The van der Waals surface area contributed by atoms with Gasteiger partial charge in [0, 0.05) is 24.0 Å². The third kappa shape index (κ3) is 6.30. The van der Waals surface area contributed by atoms with Gasteiger partial charge >= 0.3 is 0 Å². The fraction of sp³-hybridized carbons (Fsp3) is 0.240. The van der Waals surface area contributed by atoms with Gasteiger partial charge in [-0.05, 0) is 47.5 Å². The number of carbonyl (C=O) groups is 1. The van der Waals surface area contributed by atoms with Crippen LogP contribution in [0.25, 0.3) is 11.1 Å². The number of sulfone groups is 2. The predicted octanol–water partition coefficient (Wildman–Crippen LogP) is 5.74. The highest BCUT2D eigenvalue weighted by atomic mass is 35.5. The van der Waals surface area contributed by atoms with Crippen LogP contribution in [0.5, 0.6) is 0 Å². The van der Waals surface area contributed by atoms with E-state index in [1.807, 2.05) is 0 Å². The fourth-order valence-electron chi connectivity index (χ4n) is 3.54. The molecule has 0 N–H and O–H groups in total. The molecule has 186 valence electrons. The molecule has 0 aliphatic heterocycles. The molecule has 0 atom stereocenters. The van der Waals surface area contributed by atoms with E-state index in [4.69, 9.17) is 23.2 Å². The molecular weight excluding hydrogens is 534 g/mol. The Hall–Kier alpha value is -2.26. The van der Waals surface area contributed by atoms with E-state index < -0.39 is 25.5 Å². The van der Waals surface area contributed by atoms with Gasteiger partial charge < -0.3 is 0 Å². The van der Waals surface area contributed by atoms with Gasteiger partial charge in [0.2, 0.25) is 0 Å². The summed E-state index contributed by atoms with van der Waals surface area (Å²) >= 11 is 12.8. The topological polar surface area (TPSA) is 85.3 Å². The normalized spacial score (nSPS) is 12.0. The lowest BCUT2D eigenvalue weighted by Crippen LogP contribution is -2.08. The molecular formula is C25H23Cl2FO5S2. The molecule has 0 amide bonds. The minimum atomic E-state index is -3.57. The van der Waals surface area contributed by atoms with Gasteiger partial charge in [0.05, 0.1) is 31.3 Å². The molecule has 3 aromatic carbocycles. The average molecular weight is 557 g/mol. The summed E-state index contributed by atoms with van der Waals surface area (Å²) in [6.45, 7) is 3.04. The second-order valence-electron chi connectivity index (χ2n) is 7.92. The third-order valence-corrected chi connectivity index (χ3v) is 9.59. The summed E-state index contributed by atoms with van der Waals surface area (Å²) < 4.78 is 62.6. The first kappa shape index (κ1) is 27.3. The van der Waals surface area contributed by atoms with Crippen molar-refractivity contribution in [3.8, 4) is 11.1 Å². The molecule has 0 fully saturated rings. The van der Waals surface area contributed by atoms with E-state index in [1.165, 1.54) is 43.3 Å². The van der Waals surface area contributed by atoms with Gasteiger partial charge in [0.15, 0.2) is 19.7 Å². The fourth-order valence-corrected chi connectivity index (χ4v) is 6.05. The number of Topliss-reactive ketones (excluding diaryl/α,β-unsaturated/α-hetero) is 1. The Balaban J connectivity index is 1.80. The lowest BCUT2D eigenvalue weighted by molar-refractivity contribution is -0.117. The van der Waals surface area contributed by atoms with Gasteiger partial charge in [0.1, 0.15) is 11.6 Å². The van der Waals surface area contributed by atoms with E-state index in [0.29, 0.717) is 11.1 Å². The van der Waals surface area contributed by atoms with Crippen molar-refractivity contribution in [2.24, 2.45) is 0 Å². The van der Waals surface area contributed by atoms with Crippen LogP contribution in [-0.4, -0.2) is 34.1 Å². The van der Waals surface area contributed by atoms with E-state index in [2.05, 4.69) is 0 Å². The quantitative estimate of drug-likeness (QED) is 0.335. The standard InChI is InChI=1S/C25H23Cl2FO5S2/c1-3-34(30,31)19-7-5-16(6-8-19)11-18(29)12-17-13-22(26)25(23(27)14-17)21-10-9-20(15-24(21)28)35(32,33)4-2/h5-10,13-15H,3-4,11-12H2,1-2H3. The first-order valence-corrected chi connectivity index (χ1v) is 14.8. The highest BCUT2D eigenvalue weighted by molar-refractivity contribution is 7.91. The number of ketones is 1. The lowest BCUT2D eigenvalue weighted by atomic mass is 9.99. The Morgan fingerprint density at radius 3 is 1.74 bits per heavy atom. The van der Waals surface area contributed by atoms with Crippen molar-refractivity contribution in [3.63, 3.8) is 0 Å². The number of halogens is 3. The van der Waals surface area contributed by atoms with Crippen LogP contribution in [0.4, 0.5) is 4.39 Å². The third-order valence-electron chi connectivity index (χ3n) is 5.52. The Morgan fingerprint density at radius 1 is 0.743 bits per heavy atom. The van der Waals surface area contributed by atoms with Crippen molar-refractivity contribution < 1.29 is 26.0 Å². The minimum absolute atomic E-state index is 0.00528. The summed E-state index contributed by atoms with van der Waals surface area (Å²) in [5.74, 6) is -1.08. The predicted molar refractivity (Wildman–Crippen MR) is 136 cm³/mol. The monoisotopic (exact) mass is 556 g/mol. The average Bonchev–Trinajstić information content (AvgIpc) is 2.79. The number of rotatable bonds is 9. The molecule has 0 saturated heterocycles. The second kappa shape index (κ2) is 10.8. The SMILES string of the molecule is CCS(=O)(=O)c1ccc(CC(=O)Cc2cc(Cl)c(-c3ccc(S(=O)(=O)CC)cc3F)c(Cl)c2)cc1. The molecule has 5 nitrogen and oxygen atoms in total. The van der Waals surface area contributed by atoms with Gasteiger partial charge in [-0.2, -0.15) is 0 Å². The lowest BCUT2D eigenvalue weighted by Gasteiger charge is -2.12. The molecule has 0 spiro atoms. The maximum Gasteiger partial charge on any atom is 0.178 e. The molecule has 35 heavy (non-hydrogen) atoms. The van der Waals surface area contributed by atoms with E-state index in [0.717, 1.165) is 6.07 Å². The molecule has 0 radical (unpaired) electrons. The van der Waals surface area contributed by atoms with Gasteiger partial charge in [-0.25, -0.2) is 21.2 Å².